The van der Waals surface area contributed by atoms with Crippen LogP contribution in [0, 0.1) is 5.92 Å². The number of hydrogen-bond acceptors (Lipinski definition) is 6. The van der Waals surface area contributed by atoms with Crippen LogP contribution >= 0.6 is 0 Å². The molecule has 23 heavy (non-hydrogen) atoms. The van der Waals surface area contributed by atoms with Crippen LogP contribution in [0.3, 0.4) is 0 Å². The Balaban J connectivity index is 1.57. The van der Waals surface area contributed by atoms with E-state index in [9.17, 15) is 5.11 Å². The maximum atomic E-state index is 10.0. The molecule has 2 aromatic rings. The van der Waals surface area contributed by atoms with E-state index in [1.165, 1.54) is 19.2 Å². The van der Waals surface area contributed by atoms with Crippen LogP contribution in [0.1, 0.15) is 44.2 Å². The van der Waals surface area contributed by atoms with Crippen molar-refractivity contribution in [2.45, 2.75) is 51.2 Å². The molecule has 0 bridgehead atoms. The van der Waals surface area contributed by atoms with E-state index in [1.807, 2.05) is 6.07 Å². The molecule has 0 spiro atoms. The van der Waals surface area contributed by atoms with Gasteiger partial charge in [-0.05, 0) is 31.6 Å². The minimum absolute atomic E-state index is 0.111. The lowest BCUT2D eigenvalue weighted by Gasteiger charge is -2.27. The molecule has 2 atom stereocenters. The summed E-state index contributed by atoms with van der Waals surface area (Å²) in [5.74, 6) is 1.91. The second-order valence-electron chi connectivity index (χ2n) is 6.22. The molecule has 0 radical (unpaired) electrons. The van der Waals surface area contributed by atoms with E-state index in [4.69, 9.17) is 4.74 Å². The lowest BCUT2D eigenvalue weighted by atomic mass is 9.83. The molecule has 0 aliphatic heterocycles. The third-order valence-corrected chi connectivity index (χ3v) is 4.52. The molecule has 2 unspecified atom stereocenters. The summed E-state index contributed by atoms with van der Waals surface area (Å²) < 4.78 is 6.85. The zero-order valence-electron chi connectivity index (χ0n) is 13.6. The van der Waals surface area contributed by atoms with E-state index in [0.717, 1.165) is 43.7 Å². The number of ether oxygens (including phenoxy) is 1. The van der Waals surface area contributed by atoms with Crippen LogP contribution in [0.15, 0.2) is 12.4 Å². The fourth-order valence-electron chi connectivity index (χ4n) is 3.31. The largest absolute Gasteiger partial charge is 0.393 e. The van der Waals surface area contributed by atoms with Gasteiger partial charge in [0.25, 0.3) is 5.78 Å². The number of aliphatic hydroxyl groups is 1. The van der Waals surface area contributed by atoms with Crippen molar-refractivity contribution < 1.29 is 9.84 Å². The van der Waals surface area contributed by atoms with Crippen LogP contribution in [0.25, 0.3) is 5.78 Å². The highest BCUT2D eigenvalue weighted by atomic mass is 16.5. The first-order valence-electron chi connectivity index (χ1n) is 8.38. The van der Waals surface area contributed by atoms with E-state index < -0.39 is 0 Å². The number of rotatable bonds is 7. The van der Waals surface area contributed by atoms with E-state index >= 15 is 0 Å². The Kier molecular flexibility index (Phi) is 5.40. The second kappa shape index (κ2) is 7.70. The summed E-state index contributed by atoms with van der Waals surface area (Å²) in [6, 6.07) is 1.95. The Hall–Kier alpha value is -1.73. The average molecular weight is 319 g/mol. The molecule has 1 aliphatic carbocycles. The number of anilines is 1. The summed E-state index contributed by atoms with van der Waals surface area (Å²) in [7, 11) is 1.65. The summed E-state index contributed by atoms with van der Waals surface area (Å²) in [4.78, 5) is 8.53. The van der Waals surface area contributed by atoms with E-state index in [1.54, 1.807) is 11.6 Å². The molecular formula is C16H25N5O2. The molecule has 2 N–H and O–H groups in total. The Morgan fingerprint density at radius 3 is 3.09 bits per heavy atom. The maximum absolute atomic E-state index is 10.0. The van der Waals surface area contributed by atoms with Crippen molar-refractivity contribution in [1.29, 1.82) is 0 Å². The van der Waals surface area contributed by atoms with Gasteiger partial charge in [-0.1, -0.05) is 12.8 Å². The molecule has 1 saturated carbocycles. The molecule has 2 heterocycles. The number of methoxy groups -OCH3 is 1. The molecule has 2 aromatic heterocycles. The van der Waals surface area contributed by atoms with Crippen molar-refractivity contribution >= 4 is 11.6 Å². The van der Waals surface area contributed by atoms with Crippen molar-refractivity contribution in [1.82, 2.24) is 19.6 Å². The van der Waals surface area contributed by atoms with Gasteiger partial charge in [0.05, 0.1) is 18.4 Å². The maximum Gasteiger partial charge on any atom is 0.254 e. The van der Waals surface area contributed by atoms with Crippen molar-refractivity contribution in [3.8, 4) is 0 Å². The number of hydrogen-bond donors (Lipinski definition) is 2. The summed E-state index contributed by atoms with van der Waals surface area (Å²) in [5.41, 5.74) is 0.832. The quantitative estimate of drug-likeness (QED) is 0.760. The zero-order valence-corrected chi connectivity index (χ0v) is 13.6. The molecular weight excluding hydrogens is 294 g/mol. The summed E-state index contributed by atoms with van der Waals surface area (Å²) in [5, 5.41) is 17.6. The van der Waals surface area contributed by atoms with Crippen molar-refractivity contribution in [2.75, 3.05) is 19.0 Å². The molecule has 7 heteroatoms. The van der Waals surface area contributed by atoms with Gasteiger partial charge in [-0.3, -0.25) is 0 Å². The van der Waals surface area contributed by atoms with Gasteiger partial charge in [-0.2, -0.15) is 14.6 Å². The Labute approximate surface area is 136 Å². The lowest BCUT2D eigenvalue weighted by molar-refractivity contribution is 0.0648. The Morgan fingerprint density at radius 1 is 1.39 bits per heavy atom. The standard InChI is InChI=1S/C16H25N5O2/c1-23-10-13-9-15(21-16(20-13)18-11-19-21)17-8-4-6-12-5-2-3-7-14(12)22/h9,11-12,14,17,22H,2-8,10H2,1H3. The SMILES string of the molecule is COCc1cc(NCCCC2CCCCC2O)n2ncnc2n1. The first-order chi connectivity index (χ1) is 11.3. The third-order valence-electron chi connectivity index (χ3n) is 4.52. The smallest absolute Gasteiger partial charge is 0.254 e. The van der Waals surface area contributed by atoms with Gasteiger partial charge in [-0.25, -0.2) is 4.98 Å². The monoisotopic (exact) mass is 319 g/mol. The summed E-state index contributed by atoms with van der Waals surface area (Å²) in [6.07, 6.45) is 8.01. The number of aromatic nitrogens is 4. The van der Waals surface area contributed by atoms with Crippen molar-refractivity contribution in [2.24, 2.45) is 5.92 Å². The van der Waals surface area contributed by atoms with Crippen LogP contribution in [0.2, 0.25) is 0 Å². The molecule has 3 rings (SSSR count). The van der Waals surface area contributed by atoms with E-state index in [2.05, 4.69) is 20.4 Å². The molecule has 0 aromatic carbocycles. The fourth-order valence-corrected chi connectivity index (χ4v) is 3.31. The van der Waals surface area contributed by atoms with Gasteiger partial charge in [-0.15, -0.1) is 0 Å². The van der Waals surface area contributed by atoms with Crippen LogP contribution in [-0.2, 0) is 11.3 Å². The van der Waals surface area contributed by atoms with Gasteiger partial charge < -0.3 is 15.2 Å². The molecule has 0 amide bonds. The summed E-state index contributed by atoms with van der Waals surface area (Å²) in [6.45, 7) is 1.29. The number of nitrogens with zero attached hydrogens (tertiary/aromatic N) is 4. The predicted molar refractivity (Wildman–Crippen MR) is 87.2 cm³/mol. The molecule has 0 saturated heterocycles. The highest BCUT2D eigenvalue weighted by molar-refractivity contribution is 5.44. The van der Waals surface area contributed by atoms with Gasteiger partial charge in [0.15, 0.2) is 0 Å². The van der Waals surface area contributed by atoms with E-state index in [0.29, 0.717) is 18.3 Å². The van der Waals surface area contributed by atoms with Gasteiger partial charge in [0.2, 0.25) is 0 Å². The highest BCUT2D eigenvalue weighted by Crippen LogP contribution is 2.27. The zero-order chi connectivity index (χ0) is 16.1. The van der Waals surface area contributed by atoms with Crippen LogP contribution in [0.4, 0.5) is 5.82 Å². The number of nitrogens with one attached hydrogen (secondary N) is 1. The van der Waals surface area contributed by atoms with Crippen LogP contribution < -0.4 is 5.32 Å². The van der Waals surface area contributed by atoms with E-state index in [-0.39, 0.29) is 6.10 Å². The minimum atomic E-state index is -0.111. The lowest BCUT2D eigenvalue weighted by Crippen LogP contribution is -2.24. The van der Waals surface area contributed by atoms with Crippen molar-refractivity contribution in [3.05, 3.63) is 18.1 Å². The third kappa shape index (κ3) is 3.97. The average Bonchev–Trinajstić information content (AvgIpc) is 3.02. The highest BCUT2D eigenvalue weighted by Gasteiger charge is 2.22. The molecule has 126 valence electrons. The Bertz CT molecular complexity index is 630. The number of fused-ring (bicyclic) bond motifs is 1. The second-order valence-corrected chi connectivity index (χ2v) is 6.22. The fraction of sp³-hybridized carbons (Fsp3) is 0.688. The molecule has 7 nitrogen and oxygen atoms in total. The van der Waals surface area contributed by atoms with Crippen LogP contribution in [0.5, 0.6) is 0 Å². The normalized spacial score (nSPS) is 21.7. The first kappa shape index (κ1) is 16.1. The van der Waals surface area contributed by atoms with Gasteiger partial charge in [0, 0.05) is 19.7 Å². The molecule has 1 fully saturated rings. The van der Waals surface area contributed by atoms with Crippen molar-refractivity contribution in [3.63, 3.8) is 0 Å². The minimum Gasteiger partial charge on any atom is -0.393 e. The number of aliphatic hydroxyl groups excluding tert-OH is 1. The van der Waals surface area contributed by atoms with Gasteiger partial charge >= 0.3 is 0 Å². The topological polar surface area (TPSA) is 84.6 Å². The van der Waals surface area contributed by atoms with Crippen LogP contribution in [-0.4, -0.2) is 44.4 Å². The first-order valence-corrected chi connectivity index (χ1v) is 8.38. The predicted octanol–water partition coefficient (Wildman–Crippen LogP) is 2.01. The van der Waals surface area contributed by atoms with Gasteiger partial charge in [0.1, 0.15) is 12.1 Å². The molecule has 1 aliphatic rings. The Morgan fingerprint density at radius 2 is 2.26 bits per heavy atom. The summed E-state index contributed by atoms with van der Waals surface area (Å²) >= 11 is 0.